The molecule has 0 unspecified atom stereocenters. The van der Waals surface area contributed by atoms with Crippen molar-refractivity contribution < 1.29 is 4.74 Å². The lowest BCUT2D eigenvalue weighted by atomic mass is 10.2. The van der Waals surface area contributed by atoms with Gasteiger partial charge in [-0.25, -0.2) is 4.99 Å². The van der Waals surface area contributed by atoms with Gasteiger partial charge in [-0.1, -0.05) is 0 Å². The molecule has 3 heterocycles. The number of hydrogen-bond acceptors (Lipinski definition) is 7. The number of nitrogens with zero attached hydrogens (tertiary/aromatic N) is 4. The fourth-order valence-electron chi connectivity index (χ4n) is 3.31. The van der Waals surface area contributed by atoms with Crippen LogP contribution in [0.5, 0.6) is 5.75 Å². The molecule has 132 valence electrons. The smallest absolute Gasteiger partial charge is 0.169 e. The average molecular weight is 340 g/mol. The third kappa shape index (κ3) is 3.32. The Kier molecular flexibility index (Phi) is 4.31. The van der Waals surface area contributed by atoms with Gasteiger partial charge in [-0.2, -0.15) is 0 Å². The molecule has 3 aliphatic heterocycles. The molecule has 0 radical (unpaired) electrons. The molecule has 0 amide bonds. The van der Waals surface area contributed by atoms with Crippen LogP contribution < -0.4 is 15.9 Å². The molecule has 1 atom stereocenters. The number of aliphatic imine (C=N–C) groups is 2. The Morgan fingerprint density at radius 3 is 2.88 bits per heavy atom. The summed E-state index contributed by atoms with van der Waals surface area (Å²) in [5.74, 6) is 2.82. The normalized spacial score (nSPS) is 24.1. The lowest BCUT2D eigenvalue weighted by Crippen LogP contribution is -2.50. The Hall–Kier alpha value is -2.54. The predicted molar refractivity (Wildman–Crippen MR) is 99.1 cm³/mol. The van der Waals surface area contributed by atoms with Crippen molar-refractivity contribution in [3.8, 4) is 5.75 Å². The van der Waals surface area contributed by atoms with Crippen molar-refractivity contribution in [2.24, 2.45) is 15.7 Å². The first kappa shape index (κ1) is 16.0. The summed E-state index contributed by atoms with van der Waals surface area (Å²) in [6, 6.07) is 8.07. The van der Waals surface area contributed by atoms with Crippen LogP contribution in [0, 0.1) is 0 Å². The fraction of sp³-hybridized carbons (Fsp3) is 0.444. The monoisotopic (exact) mass is 340 g/mol. The van der Waals surface area contributed by atoms with Gasteiger partial charge in [0, 0.05) is 25.2 Å². The van der Waals surface area contributed by atoms with Gasteiger partial charge in [0.05, 0.1) is 25.4 Å². The van der Waals surface area contributed by atoms with Crippen LogP contribution in [-0.4, -0.2) is 60.3 Å². The minimum Gasteiger partial charge on any atom is -0.494 e. The van der Waals surface area contributed by atoms with E-state index in [1.54, 1.807) is 0 Å². The first-order chi connectivity index (χ1) is 12.2. The first-order valence-electron chi connectivity index (χ1n) is 8.86. The number of rotatable bonds is 4. The molecule has 3 N–H and O–H groups in total. The Balaban J connectivity index is 1.62. The highest BCUT2D eigenvalue weighted by Crippen LogP contribution is 2.22. The van der Waals surface area contributed by atoms with E-state index in [4.69, 9.17) is 15.5 Å². The molecule has 1 aromatic carbocycles. The van der Waals surface area contributed by atoms with Crippen LogP contribution in [0.1, 0.15) is 13.3 Å². The van der Waals surface area contributed by atoms with Crippen LogP contribution >= 0.6 is 0 Å². The number of amidine groups is 1. The van der Waals surface area contributed by atoms with E-state index in [-0.39, 0.29) is 6.04 Å². The zero-order valence-corrected chi connectivity index (χ0v) is 14.5. The maximum Gasteiger partial charge on any atom is 0.169 e. The third-order valence-corrected chi connectivity index (χ3v) is 4.56. The Morgan fingerprint density at radius 1 is 1.32 bits per heavy atom. The summed E-state index contributed by atoms with van der Waals surface area (Å²) < 4.78 is 5.49. The Labute approximate surface area is 147 Å². The van der Waals surface area contributed by atoms with Gasteiger partial charge in [-0.15, -0.1) is 0 Å². The van der Waals surface area contributed by atoms with Gasteiger partial charge in [0.15, 0.2) is 5.84 Å². The quantitative estimate of drug-likeness (QED) is 0.863. The molecule has 0 saturated carbocycles. The number of hydrazine groups is 1. The van der Waals surface area contributed by atoms with Gasteiger partial charge < -0.3 is 15.4 Å². The number of fused-ring (bicyclic) bond motifs is 1. The van der Waals surface area contributed by atoms with E-state index in [1.165, 1.54) is 0 Å². The van der Waals surface area contributed by atoms with E-state index in [1.807, 2.05) is 31.2 Å². The SMILES string of the molecule is CCOc1ccc(N=C2C=C(N3CC[C@H](N)C3)NN3CCN=C23)cc1. The molecule has 7 nitrogen and oxygen atoms in total. The van der Waals surface area contributed by atoms with Crippen LogP contribution in [0.2, 0.25) is 0 Å². The molecule has 0 aliphatic carbocycles. The van der Waals surface area contributed by atoms with Crippen molar-refractivity contribution in [3.63, 3.8) is 0 Å². The molecule has 4 rings (SSSR count). The second-order valence-electron chi connectivity index (χ2n) is 6.42. The standard InChI is InChI=1S/C18H24N6O/c1-2-25-15-5-3-14(4-6-15)21-16-11-17(23-9-7-13(19)12-23)22-24-10-8-20-18(16)24/h3-6,11,13,22H,2,7-10,12,19H2,1H3/t13-/m0/s1. The second-order valence-corrected chi connectivity index (χ2v) is 6.42. The zero-order valence-electron chi connectivity index (χ0n) is 14.5. The highest BCUT2D eigenvalue weighted by atomic mass is 16.5. The van der Waals surface area contributed by atoms with Crippen molar-refractivity contribution in [3.05, 3.63) is 36.2 Å². The van der Waals surface area contributed by atoms with Crippen molar-refractivity contribution in [1.29, 1.82) is 0 Å². The maximum absolute atomic E-state index is 6.06. The molecular weight excluding hydrogens is 316 g/mol. The molecule has 1 aromatic rings. The van der Waals surface area contributed by atoms with Gasteiger partial charge in [-0.05, 0) is 37.6 Å². The molecule has 3 aliphatic rings. The van der Waals surface area contributed by atoms with Crippen LogP contribution in [0.4, 0.5) is 5.69 Å². The van der Waals surface area contributed by atoms with Crippen LogP contribution in [-0.2, 0) is 0 Å². The summed E-state index contributed by atoms with van der Waals surface area (Å²) in [5, 5.41) is 2.08. The summed E-state index contributed by atoms with van der Waals surface area (Å²) in [6.07, 6.45) is 3.10. The van der Waals surface area contributed by atoms with Crippen LogP contribution in [0.15, 0.2) is 46.1 Å². The predicted octanol–water partition coefficient (Wildman–Crippen LogP) is 1.26. The number of nitrogens with two attached hydrogens (primary N) is 1. The lowest BCUT2D eigenvalue weighted by molar-refractivity contribution is 0.285. The van der Waals surface area contributed by atoms with Crippen LogP contribution in [0.25, 0.3) is 0 Å². The number of nitrogens with one attached hydrogen (secondary N) is 1. The molecule has 1 saturated heterocycles. The molecule has 1 fully saturated rings. The fourth-order valence-corrected chi connectivity index (χ4v) is 3.31. The second kappa shape index (κ2) is 6.76. The summed E-state index contributed by atoms with van der Waals surface area (Å²) in [4.78, 5) is 11.7. The topological polar surface area (TPSA) is 78.5 Å². The largest absolute Gasteiger partial charge is 0.494 e. The Bertz CT molecular complexity index is 724. The maximum atomic E-state index is 6.06. The minimum absolute atomic E-state index is 0.239. The van der Waals surface area contributed by atoms with E-state index in [9.17, 15) is 0 Å². The summed E-state index contributed by atoms with van der Waals surface area (Å²) in [6.45, 7) is 6.12. The highest BCUT2D eigenvalue weighted by Gasteiger charge is 2.30. The van der Waals surface area contributed by atoms with E-state index in [0.717, 1.165) is 61.4 Å². The van der Waals surface area contributed by atoms with E-state index in [0.29, 0.717) is 6.61 Å². The van der Waals surface area contributed by atoms with Gasteiger partial charge in [0.1, 0.15) is 17.3 Å². The molecular formula is C18H24N6O. The summed E-state index contributed by atoms with van der Waals surface area (Å²) >= 11 is 0. The number of likely N-dealkylation sites (tertiary alicyclic amines) is 1. The molecule has 25 heavy (non-hydrogen) atoms. The van der Waals surface area contributed by atoms with Gasteiger partial charge in [-0.3, -0.25) is 15.4 Å². The number of ether oxygens (including phenoxy) is 1. The molecule has 7 heteroatoms. The molecule has 0 spiro atoms. The average Bonchev–Trinajstić information content (AvgIpc) is 3.25. The van der Waals surface area contributed by atoms with Crippen molar-refractivity contribution in [2.75, 3.05) is 32.8 Å². The van der Waals surface area contributed by atoms with Gasteiger partial charge in [0.2, 0.25) is 0 Å². The van der Waals surface area contributed by atoms with E-state index in [2.05, 4.69) is 26.4 Å². The van der Waals surface area contributed by atoms with Crippen LogP contribution in [0.3, 0.4) is 0 Å². The third-order valence-electron chi connectivity index (χ3n) is 4.56. The van der Waals surface area contributed by atoms with Crippen molar-refractivity contribution >= 4 is 17.2 Å². The lowest BCUT2D eigenvalue weighted by Gasteiger charge is -2.33. The van der Waals surface area contributed by atoms with Gasteiger partial charge in [0.25, 0.3) is 0 Å². The Morgan fingerprint density at radius 2 is 2.16 bits per heavy atom. The zero-order chi connectivity index (χ0) is 17.2. The summed E-state index contributed by atoms with van der Waals surface area (Å²) in [7, 11) is 0. The molecule has 0 aromatic heterocycles. The first-order valence-corrected chi connectivity index (χ1v) is 8.86. The molecule has 0 bridgehead atoms. The van der Waals surface area contributed by atoms with Gasteiger partial charge >= 0.3 is 0 Å². The minimum atomic E-state index is 0.239. The highest BCUT2D eigenvalue weighted by molar-refractivity contribution is 6.46. The summed E-state index contributed by atoms with van der Waals surface area (Å²) in [5.41, 5.74) is 11.3. The van der Waals surface area contributed by atoms with E-state index < -0.39 is 0 Å². The van der Waals surface area contributed by atoms with Crippen molar-refractivity contribution in [1.82, 2.24) is 15.3 Å². The number of hydrogen-bond donors (Lipinski definition) is 2. The number of benzene rings is 1. The van der Waals surface area contributed by atoms with Crippen molar-refractivity contribution in [2.45, 2.75) is 19.4 Å². The van der Waals surface area contributed by atoms with E-state index >= 15 is 0 Å².